The average Bonchev–Trinajstić information content (AvgIpc) is 2.88. The van der Waals surface area contributed by atoms with Crippen molar-refractivity contribution in [2.75, 3.05) is 13.2 Å². The van der Waals surface area contributed by atoms with Gasteiger partial charge in [0.1, 0.15) is 0 Å². The second-order valence-electron chi connectivity index (χ2n) is 4.16. The average molecular weight is 226 g/mol. The van der Waals surface area contributed by atoms with E-state index in [1.807, 2.05) is 23.9 Å². The Kier molecular flexibility index (Phi) is 3.58. The second-order valence-corrected chi connectivity index (χ2v) is 4.16. The molecule has 2 heterocycles. The van der Waals surface area contributed by atoms with Crippen LogP contribution in [0.15, 0.2) is 12.3 Å². The fourth-order valence-corrected chi connectivity index (χ4v) is 1.88. The first-order valence-corrected chi connectivity index (χ1v) is 5.63. The van der Waals surface area contributed by atoms with Crippen LogP contribution in [0.2, 0.25) is 0 Å². The van der Waals surface area contributed by atoms with Crippen molar-refractivity contribution in [3.8, 4) is 0 Å². The van der Waals surface area contributed by atoms with Gasteiger partial charge in [-0.15, -0.1) is 0 Å². The number of rotatable bonds is 5. The summed E-state index contributed by atoms with van der Waals surface area (Å²) in [5, 5.41) is 13.1. The van der Waals surface area contributed by atoms with Crippen LogP contribution < -0.4 is 0 Å². The number of aliphatic hydroxyl groups excluding tert-OH is 1. The highest BCUT2D eigenvalue weighted by Gasteiger charge is 2.29. The molecule has 16 heavy (non-hydrogen) atoms. The molecule has 0 radical (unpaired) electrons. The van der Waals surface area contributed by atoms with E-state index in [1.54, 1.807) is 0 Å². The minimum atomic E-state index is -0.410. The second kappa shape index (κ2) is 4.95. The van der Waals surface area contributed by atoms with Gasteiger partial charge in [0.05, 0.1) is 25.5 Å². The van der Waals surface area contributed by atoms with Crippen LogP contribution >= 0.6 is 0 Å². The van der Waals surface area contributed by atoms with Gasteiger partial charge in [0.25, 0.3) is 0 Å². The molecule has 1 aromatic heterocycles. The smallest absolute Gasteiger partial charge is 0.165 e. The lowest BCUT2D eigenvalue weighted by Gasteiger charge is -2.21. The van der Waals surface area contributed by atoms with Crippen molar-refractivity contribution in [1.29, 1.82) is 0 Å². The molecule has 0 spiro atoms. The van der Waals surface area contributed by atoms with Crippen molar-refractivity contribution in [2.24, 2.45) is 0 Å². The summed E-state index contributed by atoms with van der Waals surface area (Å²) in [4.78, 5) is 0. The van der Waals surface area contributed by atoms with Crippen molar-refractivity contribution in [1.82, 2.24) is 9.78 Å². The number of hydrogen-bond donors (Lipinski definition) is 1. The van der Waals surface area contributed by atoms with E-state index in [1.165, 1.54) is 0 Å². The van der Waals surface area contributed by atoms with Gasteiger partial charge in [0.2, 0.25) is 0 Å². The van der Waals surface area contributed by atoms with Crippen molar-refractivity contribution < 1.29 is 14.6 Å². The molecular weight excluding hydrogens is 208 g/mol. The molecule has 0 amide bonds. The molecule has 1 fully saturated rings. The molecule has 5 nitrogen and oxygen atoms in total. The zero-order valence-electron chi connectivity index (χ0n) is 9.56. The zero-order chi connectivity index (χ0) is 11.4. The van der Waals surface area contributed by atoms with Crippen LogP contribution in [-0.2, 0) is 22.6 Å². The Morgan fingerprint density at radius 2 is 2.25 bits per heavy atom. The van der Waals surface area contributed by atoms with Crippen LogP contribution in [0.25, 0.3) is 0 Å². The first kappa shape index (κ1) is 11.6. The van der Waals surface area contributed by atoms with E-state index < -0.39 is 5.79 Å². The van der Waals surface area contributed by atoms with Crippen molar-refractivity contribution in [2.45, 2.75) is 38.7 Å². The van der Waals surface area contributed by atoms with Gasteiger partial charge >= 0.3 is 0 Å². The van der Waals surface area contributed by atoms with Gasteiger partial charge in [0, 0.05) is 19.2 Å². The van der Waals surface area contributed by atoms with Crippen LogP contribution in [0, 0.1) is 0 Å². The summed E-state index contributed by atoms with van der Waals surface area (Å²) < 4.78 is 12.9. The van der Waals surface area contributed by atoms with Crippen LogP contribution in [0.3, 0.4) is 0 Å². The Morgan fingerprint density at radius 1 is 1.50 bits per heavy atom. The van der Waals surface area contributed by atoms with E-state index in [2.05, 4.69) is 5.10 Å². The van der Waals surface area contributed by atoms with Gasteiger partial charge in [-0.25, -0.2) is 0 Å². The summed E-state index contributed by atoms with van der Waals surface area (Å²) in [6.07, 6.45) is 3.69. The van der Waals surface area contributed by atoms with Crippen LogP contribution in [0.5, 0.6) is 0 Å². The minimum Gasteiger partial charge on any atom is -0.390 e. The lowest BCUT2D eigenvalue weighted by Crippen LogP contribution is -2.25. The van der Waals surface area contributed by atoms with Gasteiger partial charge < -0.3 is 14.6 Å². The lowest BCUT2D eigenvalue weighted by atomic mass is 10.2. The maximum atomic E-state index is 8.87. The Balaban J connectivity index is 1.75. The number of ether oxygens (including phenoxy) is 2. The Bertz CT molecular complexity index is 332. The Hall–Kier alpha value is -0.910. The van der Waals surface area contributed by atoms with E-state index in [-0.39, 0.29) is 6.61 Å². The van der Waals surface area contributed by atoms with Crippen LogP contribution in [-0.4, -0.2) is 33.9 Å². The topological polar surface area (TPSA) is 56.5 Å². The lowest BCUT2D eigenvalue weighted by molar-refractivity contribution is -0.147. The minimum absolute atomic E-state index is 0.00304. The van der Waals surface area contributed by atoms with Gasteiger partial charge in [-0.05, 0) is 19.4 Å². The number of aromatic nitrogens is 2. The fraction of sp³-hybridized carbons (Fsp3) is 0.727. The first-order valence-electron chi connectivity index (χ1n) is 5.63. The van der Waals surface area contributed by atoms with Crippen LogP contribution in [0.4, 0.5) is 0 Å². The third-order valence-corrected chi connectivity index (χ3v) is 2.77. The van der Waals surface area contributed by atoms with E-state index in [9.17, 15) is 0 Å². The molecule has 1 aliphatic rings. The summed E-state index contributed by atoms with van der Waals surface area (Å²) in [6, 6.07) is 1.82. The number of hydrogen-bond acceptors (Lipinski definition) is 4. The maximum Gasteiger partial charge on any atom is 0.165 e. The molecule has 1 aliphatic heterocycles. The molecule has 0 aliphatic carbocycles. The predicted molar refractivity (Wildman–Crippen MR) is 57.7 cm³/mol. The van der Waals surface area contributed by atoms with Crippen molar-refractivity contribution in [3.63, 3.8) is 0 Å². The standard InChI is InChI=1S/C11H18N2O3/c1-11(15-7-8-16-11)4-2-5-13-6-3-10(9-14)12-13/h3,6,14H,2,4-5,7-9H2,1H3. The summed E-state index contributed by atoms with van der Waals surface area (Å²) in [7, 11) is 0. The summed E-state index contributed by atoms with van der Waals surface area (Å²) in [5.74, 6) is -0.410. The molecular formula is C11H18N2O3. The molecule has 0 bridgehead atoms. The highest BCUT2D eigenvalue weighted by molar-refractivity contribution is 4.96. The molecule has 2 rings (SSSR count). The maximum absolute atomic E-state index is 8.87. The fourth-order valence-electron chi connectivity index (χ4n) is 1.88. The Morgan fingerprint density at radius 3 is 2.88 bits per heavy atom. The molecule has 0 atom stereocenters. The third-order valence-electron chi connectivity index (χ3n) is 2.77. The molecule has 0 aromatic carbocycles. The molecule has 5 heteroatoms. The molecule has 0 unspecified atom stereocenters. The summed E-state index contributed by atoms with van der Waals surface area (Å²) >= 11 is 0. The number of aliphatic hydroxyl groups is 1. The normalized spacial score (nSPS) is 19.1. The highest BCUT2D eigenvalue weighted by Crippen LogP contribution is 2.24. The SMILES string of the molecule is CC1(CCCn2ccc(CO)n2)OCCO1. The van der Waals surface area contributed by atoms with Crippen molar-refractivity contribution >= 4 is 0 Å². The molecule has 90 valence electrons. The summed E-state index contributed by atoms with van der Waals surface area (Å²) in [5.41, 5.74) is 0.708. The van der Waals surface area contributed by atoms with E-state index >= 15 is 0 Å². The van der Waals surface area contributed by atoms with Gasteiger partial charge in [-0.2, -0.15) is 5.10 Å². The van der Waals surface area contributed by atoms with Gasteiger partial charge in [-0.1, -0.05) is 0 Å². The Labute approximate surface area is 95.0 Å². The monoisotopic (exact) mass is 226 g/mol. The number of nitrogens with zero attached hydrogens (tertiary/aromatic N) is 2. The van der Waals surface area contributed by atoms with E-state index in [0.717, 1.165) is 19.4 Å². The van der Waals surface area contributed by atoms with E-state index in [4.69, 9.17) is 14.6 Å². The number of aryl methyl sites for hydroxylation is 1. The van der Waals surface area contributed by atoms with Crippen molar-refractivity contribution in [3.05, 3.63) is 18.0 Å². The molecule has 1 aromatic rings. The zero-order valence-corrected chi connectivity index (χ0v) is 9.56. The third kappa shape index (κ3) is 2.81. The molecule has 0 saturated carbocycles. The summed E-state index contributed by atoms with van der Waals surface area (Å²) in [6.45, 7) is 4.17. The first-order chi connectivity index (χ1) is 7.72. The van der Waals surface area contributed by atoms with Gasteiger partial charge in [-0.3, -0.25) is 4.68 Å². The quantitative estimate of drug-likeness (QED) is 0.811. The highest BCUT2D eigenvalue weighted by atomic mass is 16.7. The van der Waals surface area contributed by atoms with Crippen LogP contribution in [0.1, 0.15) is 25.5 Å². The molecule has 1 N–H and O–H groups in total. The van der Waals surface area contributed by atoms with Gasteiger partial charge in [0.15, 0.2) is 5.79 Å². The molecule has 1 saturated heterocycles. The largest absolute Gasteiger partial charge is 0.390 e. The van der Waals surface area contributed by atoms with E-state index in [0.29, 0.717) is 18.9 Å². The predicted octanol–water partition coefficient (Wildman–Crippen LogP) is 0.919.